The van der Waals surface area contributed by atoms with Crippen molar-refractivity contribution in [2.24, 2.45) is 17.9 Å². The summed E-state index contributed by atoms with van der Waals surface area (Å²) in [5.74, 6) is 0.177. The molecule has 78 valence electrons. The minimum absolute atomic E-state index is 0.177. The highest BCUT2D eigenvalue weighted by Crippen LogP contribution is 2.21. The van der Waals surface area contributed by atoms with Gasteiger partial charge in [0, 0.05) is 7.05 Å². The molecule has 0 saturated carbocycles. The minimum Gasteiger partial charge on any atom is -0.409 e. The summed E-state index contributed by atoms with van der Waals surface area (Å²) >= 11 is 3.44. The molecule has 0 aliphatic heterocycles. The highest BCUT2D eigenvalue weighted by atomic mass is 79.9. The van der Waals surface area contributed by atoms with Crippen LogP contribution in [0.5, 0.6) is 0 Å². The lowest BCUT2D eigenvalue weighted by Gasteiger charge is -2.00. The summed E-state index contributed by atoms with van der Waals surface area (Å²) in [5, 5.41) is 15.7. The molecule has 0 bridgehead atoms. The number of hydrogen-bond donors (Lipinski definition) is 2. The molecule has 0 fully saturated rings. The van der Waals surface area contributed by atoms with Gasteiger partial charge in [-0.2, -0.15) is 5.10 Å². The Labute approximate surface area is 90.7 Å². The van der Waals surface area contributed by atoms with Gasteiger partial charge in [0.15, 0.2) is 0 Å². The van der Waals surface area contributed by atoms with Crippen LogP contribution in [0.2, 0.25) is 0 Å². The van der Waals surface area contributed by atoms with Gasteiger partial charge in [0.25, 0.3) is 0 Å². The zero-order chi connectivity index (χ0) is 10.7. The Balaban J connectivity index is 3.02. The average molecular weight is 261 g/mol. The molecule has 14 heavy (non-hydrogen) atoms. The van der Waals surface area contributed by atoms with Gasteiger partial charge in [0.1, 0.15) is 5.84 Å². The van der Waals surface area contributed by atoms with Crippen LogP contribution in [0.25, 0.3) is 0 Å². The summed E-state index contributed by atoms with van der Waals surface area (Å²) in [4.78, 5) is 0. The van der Waals surface area contributed by atoms with Crippen molar-refractivity contribution < 1.29 is 5.21 Å². The molecular formula is C8H13BrN4O. The third kappa shape index (κ3) is 2.06. The Bertz CT molecular complexity index is 358. The van der Waals surface area contributed by atoms with E-state index in [0.29, 0.717) is 6.42 Å². The molecule has 6 heteroatoms. The molecule has 1 aromatic heterocycles. The van der Waals surface area contributed by atoms with E-state index >= 15 is 0 Å². The van der Waals surface area contributed by atoms with Crippen LogP contribution < -0.4 is 5.73 Å². The van der Waals surface area contributed by atoms with Crippen LogP contribution in [0.4, 0.5) is 0 Å². The van der Waals surface area contributed by atoms with Gasteiger partial charge >= 0.3 is 0 Å². The monoisotopic (exact) mass is 260 g/mol. The Morgan fingerprint density at radius 2 is 2.36 bits per heavy atom. The first-order chi connectivity index (χ1) is 6.60. The second kappa shape index (κ2) is 4.45. The predicted octanol–water partition coefficient (Wildman–Crippen LogP) is 1.03. The van der Waals surface area contributed by atoms with Crippen molar-refractivity contribution in [3.05, 3.63) is 15.9 Å². The van der Waals surface area contributed by atoms with Crippen LogP contribution in [0, 0.1) is 0 Å². The van der Waals surface area contributed by atoms with Crippen LogP contribution in [-0.4, -0.2) is 20.8 Å². The topological polar surface area (TPSA) is 76.4 Å². The zero-order valence-electron chi connectivity index (χ0n) is 8.16. The number of aromatic nitrogens is 2. The molecule has 1 aromatic rings. The zero-order valence-corrected chi connectivity index (χ0v) is 9.74. The van der Waals surface area contributed by atoms with E-state index < -0.39 is 0 Å². The molecule has 0 amide bonds. The van der Waals surface area contributed by atoms with Crippen molar-refractivity contribution in [1.29, 1.82) is 0 Å². The van der Waals surface area contributed by atoms with Gasteiger partial charge in [-0.25, -0.2) is 0 Å². The fourth-order valence-electron chi connectivity index (χ4n) is 1.22. The third-order valence-corrected chi connectivity index (χ3v) is 2.90. The molecule has 0 unspecified atom stereocenters. The van der Waals surface area contributed by atoms with Crippen molar-refractivity contribution in [3.63, 3.8) is 0 Å². The standard InChI is InChI=1S/C8H13BrN4O/c1-3-5-8(9)6(13(2)11-5)4-7(10)12-14/h14H,3-4H2,1-2H3,(H2,10,12). The van der Waals surface area contributed by atoms with E-state index in [9.17, 15) is 0 Å². The van der Waals surface area contributed by atoms with Crippen LogP contribution >= 0.6 is 15.9 Å². The Kier molecular flexibility index (Phi) is 3.51. The van der Waals surface area contributed by atoms with E-state index in [1.807, 2.05) is 14.0 Å². The molecule has 1 rings (SSSR count). The van der Waals surface area contributed by atoms with E-state index in [1.165, 1.54) is 0 Å². The molecule has 5 nitrogen and oxygen atoms in total. The van der Waals surface area contributed by atoms with E-state index in [1.54, 1.807) is 4.68 Å². The first-order valence-corrected chi connectivity index (χ1v) is 5.06. The largest absolute Gasteiger partial charge is 0.409 e. The number of hydrogen-bond acceptors (Lipinski definition) is 3. The van der Waals surface area contributed by atoms with Crippen molar-refractivity contribution in [1.82, 2.24) is 9.78 Å². The van der Waals surface area contributed by atoms with Crippen molar-refractivity contribution in [3.8, 4) is 0 Å². The maximum atomic E-state index is 8.46. The summed E-state index contributed by atoms with van der Waals surface area (Å²) in [5.41, 5.74) is 7.33. The van der Waals surface area contributed by atoms with Gasteiger partial charge in [0.2, 0.25) is 0 Å². The first kappa shape index (κ1) is 11.0. The summed E-state index contributed by atoms with van der Waals surface area (Å²) < 4.78 is 2.68. The second-order valence-corrected chi connectivity index (χ2v) is 3.75. The van der Waals surface area contributed by atoms with Crippen molar-refractivity contribution >= 4 is 21.8 Å². The highest BCUT2D eigenvalue weighted by molar-refractivity contribution is 9.10. The first-order valence-electron chi connectivity index (χ1n) is 4.26. The number of nitrogens with two attached hydrogens (primary N) is 1. The minimum atomic E-state index is 0.177. The molecule has 0 aromatic carbocycles. The maximum Gasteiger partial charge on any atom is 0.145 e. The van der Waals surface area contributed by atoms with E-state index in [4.69, 9.17) is 10.9 Å². The second-order valence-electron chi connectivity index (χ2n) is 2.95. The molecule has 0 spiro atoms. The molecule has 0 atom stereocenters. The normalized spacial score (nSPS) is 12.1. The van der Waals surface area contributed by atoms with E-state index in [0.717, 1.165) is 22.3 Å². The Hall–Kier alpha value is -1.04. The van der Waals surface area contributed by atoms with Crippen molar-refractivity contribution in [2.45, 2.75) is 19.8 Å². The molecule has 1 heterocycles. The molecule has 0 aliphatic rings. The fourth-order valence-corrected chi connectivity index (χ4v) is 1.98. The highest BCUT2D eigenvalue weighted by Gasteiger charge is 2.13. The third-order valence-electron chi connectivity index (χ3n) is 1.98. The summed E-state index contributed by atoms with van der Waals surface area (Å²) in [6.45, 7) is 2.03. The van der Waals surface area contributed by atoms with E-state index in [2.05, 4.69) is 26.2 Å². The van der Waals surface area contributed by atoms with Gasteiger partial charge in [0.05, 0.1) is 22.3 Å². The number of aryl methyl sites for hydroxylation is 2. The summed E-state index contributed by atoms with van der Waals surface area (Å²) in [6, 6.07) is 0. The lowest BCUT2D eigenvalue weighted by atomic mass is 10.2. The molecular weight excluding hydrogens is 248 g/mol. The Morgan fingerprint density at radius 1 is 1.71 bits per heavy atom. The molecule has 0 saturated heterocycles. The molecule has 0 aliphatic carbocycles. The van der Waals surface area contributed by atoms with Crippen LogP contribution in [-0.2, 0) is 19.9 Å². The quantitative estimate of drug-likeness (QED) is 0.369. The molecule has 3 N–H and O–H groups in total. The number of nitrogens with zero attached hydrogens (tertiary/aromatic N) is 3. The van der Waals surface area contributed by atoms with E-state index in [-0.39, 0.29) is 5.84 Å². The van der Waals surface area contributed by atoms with Gasteiger partial charge in [-0.05, 0) is 22.4 Å². The number of rotatable bonds is 3. The smallest absolute Gasteiger partial charge is 0.145 e. The lowest BCUT2D eigenvalue weighted by molar-refractivity contribution is 0.317. The lowest BCUT2D eigenvalue weighted by Crippen LogP contribution is -2.17. The molecule has 0 radical (unpaired) electrons. The summed E-state index contributed by atoms with van der Waals surface area (Å²) in [6.07, 6.45) is 1.24. The fraction of sp³-hybridized carbons (Fsp3) is 0.500. The van der Waals surface area contributed by atoms with Crippen LogP contribution in [0.3, 0.4) is 0 Å². The van der Waals surface area contributed by atoms with Gasteiger partial charge in [-0.1, -0.05) is 12.1 Å². The number of amidine groups is 1. The SMILES string of the molecule is CCc1nn(C)c(CC(N)=NO)c1Br. The Morgan fingerprint density at radius 3 is 2.79 bits per heavy atom. The van der Waals surface area contributed by atoms with Crippen molar-refractivity contribution in [2.75, 3.05) is 0 Å². The predicted molar refractivity (Wildman–Crippen MR) is 57.4 cm³/mol. The van der Waals surface area contributed by atoms with Gasteiger partial charge in [-0.3, -0.25) is 4.68 Å². The van der Waals surface area contributed by atoms with Gasteiger partial charge in [-0.15, -0.1) is 0 Å². The maximum absolute atomic E-state index is 8.46. The van der Waals surface area contributed by atoms with Crippen LogP contribution in [0.15, 0.2) is 9.63 Å². The average Bonchev–Trinajstić information content (AvgIpc) is 2.44. The van der Waals surface area contributed by atoms with Gasteiger partial charge < -0.3 is 10.9 Å². The number of oxime groups is 1. The summed E-state index contributed by atoms with van der Waals surface area (Å²) in [7, 11) is 1.84. The van der Waals surface area contributed by atoms with Crippen LogP contribution in [0.1, 0.15) is 18.3 Å². The number of halogens is 1.